The Kier molecular flexibility index (Phi) is 4.43. The van der Waals surface area contributed by atoms with E-state index >= 15 is 0 Å². The van der Waals surface area contributed by atoms with E-state index in [2.05, 4.69) is 0 Å². The molecule has 0 aliphatic carbocycles. The fourth-order valence-electron chi connectivity index (χ4n) is 1.79. The Bertz CT molecular complexity index is 554. The zero-order valence-electron chi connectivity index (χ0n) is 10.7. The highest BCUT2D eigenvalue weighted by atomic mass is 32.2. The number of hydrogen-bond acceptors (Lipinski definition) is 7. The Morgan fingerprint density at radius 3 is 2.40 bits per heavy atom. The number of hydrogen-bond donors (Lipinski definition) is 3. The molecule has 1 aliphatic rings. The number of aryl methyl sites for hydroxylation is 1. The van der Waals surface area contributed by atoms with E-state index in [1.54, 1.807) is 19.1 Å². The lowest BCUT2D eigenvalue weighted by Crippen LogP contribution is -2.54. The third-order valence-corrected chi connectivity index (χ3v) is 4.32. The van der Waals surface area contributed by atoms with Crippen LogP contribution in [-0.4, -0.2) is 54.9 Å². The number of benzene rings is 1. The van der Waals surface area contributed by atoms with Crippen LogP contribution in [0.25, 0.3) is 0 Å². The number of aliphatic hydroxyl groups excluding tert-OH is 3. The van der Waals surface area contributed by atoms with Crippen molar-refractivity contribution in [1.82, 2.24) is 0 Å². The van der Waals surface area contributed by atoms with Crippen LogP contribution in [0.1, 0.15) is 5.56 Å². The Morgan fingerprint density at radius 1 is 1.20 bits per heavy atom. The highest BCUT2D eigenvalue weighted by Crippen LogP contribution is 2.22. The summed E-state index contributed by atoms with van der Waals surface area (Å²) in [5.74, 6) is 0. The number of rotatable bonds is 3. The molecule has 4 atom stereocenters. The second kappa shape index (κ2) is 5.76. The van der Waals surface area contributed by atoms with Crippen LogP contribution in [0.2, 0.25) is 0 Å². The molecule has 112 valence electrons. The summed E-state index contributed by atoms with van der Waals surface area (Å²) in [5, 5.41) is 28.6. The van der Waals surface area contributed by atoms with Crippen molar-refractivity contribution in [1.29, 1.82) is 0 Å². The molecule has 1 fully saturated rings. The monoisotopic (exact) mass is 304 g/mol. The van der Waals surface area contributed by atoms with Crippen molar-refractivity contribution in [2.24, 2.45) is 0 Å². The minimum absolute atomic E-state index is 0.109. The predicted octanol–water partition coefficient (Wildman–Crippen LogP) is -0.861. The van der Waals surface area contributed by atoms with Crippen LogP contribution in [-0.2, 0) is 19.0 Å². The molecule has 2 rings (SSSR count). The summed E-state index contributed by atoms with van der Waals surface area (Å²) in [6, 6.07) is 5.89. The second-order valence-corrected chi connectivity index (χ2v) is 6.18. The molecule has 1 saturated heterocycles. The predicted molar refractivity (Wildman–Crippen MR) is 67.2 cm³/mol. The van der Waals surface area contributed by atoms with Gasteiger partial charge in [0.2, 0.25) is 0 Å². The van der Waals surface area contributed by atoms with Gasteiger partial charge in [0, 0.05) is 0 Å². The molecule has 3 N–H and O–H groups in total. The van der Waals surface area contributed by atoms with Gasteiger partial charge in [-0.25, -0.2) is 0 Å². The zero-order chi connectivity index (χ0) is 14.9. The number of aliphatic hydroxyl groups is 3. The standard InChI is InChI=1S/C12H16O7S/c1-7-2-4-8(5-3-7)20(16,17)19-11-10(14)9(13)6-18-12(11)15/h2-5,9-15H,6H2,1H3/t9-,10-,11-,12+/m1/s1. The third kappa shape index (κ3) is 3.17. The van der Waals surface area contributed by atoms with Crippen LogP contribution < -0.4 is 0 Å². The molecule has 1 aromatic carbocycles. The van der Waals surface area contributed by atoms with Crippen molar-refractivity contribution >= 4 is 10.1 Å². The third-order valence-electron chi connectivity index (χ3n) is 3.00. The summed E-state index contributed by atoms with van der Waals surface area (Å²) in [4.78, 5) is -0.109. The molecule has 1 aliphatic heterocycles. The molecule has 0 saturated carbocycles. The zero-order valence-corrected chi connectivity index (χ0v) is 11.5. The van der Waals surface area contributed by atoms with E-state index in [1.807, 2.05) is 0 Å². The lowest BCUT2D eigenvalue weighted by molar-refractivity contribution is -0.244. The van der Waals surface area contributed by atoms with Crippen LogP contribution >= 0.6 is 0 Å². The van der Waals surface area contributed by atoms with Gasteiger partial charge in [-0.1, -0.05) is 17.7 Å². The molecule has 1 heterocycles. The van der Waals surface area contributed by atoms with E-state index in [0.29, 0.717) is 0 Å². The fourth-order valence-corrected chi connectivity index (χ4v) is 2.87. The van der Waals surface area contributed by atoms with Crippen LogP contribution in [0.4, 0.5) is 0 Å². The molecule has 8 heteroatoms. The highest BCUT2D eigenvalue weighted by molar-refractivity contribution is 7.86. The lowest BCUT2D eigenvalue weighted by atomic mass is 10.1. The largest absolute Gasteiger partial charge is 0.388 e. The van der Waals surface area contributed by atoms with Crippen molar-refractivity contribution in [3.05, 3.63) is 29.8 Å². The quantitative estimate of drug-likeness (QED) is 0.623. The van der Waals surface area contributed by atoms with E-state index in [0.717, 1.165) is 5.56 Å². The van der Waals surface area contributed by atoms with Crippen LogP contribution in [0.5, 0.6) is 0 Å². The SMILES string of the molecule is Cc1ccc(S(=O)(=O)O[C@@H]2[C@H](O)[C@H](O)CO[C@@H]2O)cc1. The summed E-state index contributed by atoms with van der Waals surface area (Å²) in [6.45, 7) is 1.50. The second-order valence-electron chi connectivity index (χ2n) is 4.61. The first-order valence-corrected chi connectivity index (χ1v) is 7.38. The van der Waals surface area contributed by atoms with Crippen LogP contribution in [0.15, 0.2) is 29.2 Å². The molecule has 0 radical (unpaired) electrons. The van der Waals surface area contributed by atoms with Gasteiger partial charge < -0.3 is 20.1 Å². The smallest absolute Gasteiger partial charge is 0.297 e. The first-order chi connectivity index (χ1) is 9.31. The van der Waals surface area contributed by atoms with E-state index in [-0.39, 0.29) is 11.5 Å². The van der Waals surface area contributed by atoms with Crippen molar-refractivity contribution in [2.75, 3.05) is 6.61 Å². The lowest BCUT2D eigenvalue weighted by Gasteiger charge is -2.34. The molecular weight excluding hydrogens is 288 g/mol. The Labute approximate surface area is 116 Å². The Morgan fingerprint density at radius 2 is 1.80 bits per heavy atom. The van der Waals surface area contributed by atoms with Crippen molar-refractivity contribution < 1.29 is 32.7 Å². The average Bonchev–Trinajstić information content (AvgIpc) is 2.40. The molecule has 1 aromatic rings. The minimum Gasteiger partial charge on any atom is -0.388 e. The molecule has 0 aromatic heterocycles. The van der Waals surface area contributed by atoms with Crippen molar-refractivity contribution in [3.8, 4) is 0 Å². The van der Waals surface area contributed by atoms with Crippen molar-refractivity contribution in [3.63, 3.8) is 0 Å². The summed E-state index contributed by atoms with van der Waals surface area (Å²) >= 11 is 0. The summed E-state index contributed by atoms with van der Waals surface area (Å²) in [5.41, 5.74) is 0.875. The van der Waals surface area contributed by atoms with Crippen LogP contribution in [0, 0.1) is 6.92 Å². The number of ether oxygens (including phenoxy) is 1. The maximum Gasteiger partial charge on any atom is 0.297 e. The van der Waals surface area contributed by atoms with Gasteiger partial charge in [-0.3, -0.25) is 4.18 Å². The highest BCUT2D eigenvalue weighted by Gasteiger charge is 2.41. The Balaban J connectivity index is 2.20. The van der Waals surface area contributed by atoms with Gasteiger partial charge in [0.15, 0.2) is 12.4 Å². The van der Waals surface area contributed by atoms with E-state index < -0.39 is 34.7 Å². The van der Waals surface area contributed by atoms with Gasteiger partial charge in [0.05, 0.1) is 11.5 Å². The minimum atomic E-state index is -4.18. The van der Waals surface area contributed by atoms with Gasteiger partial charge in [-0.05, 0) is 19.1 Å². The first kappa shape index (κ1) is 15.4. The fraction of sp³-hybridized carbons (Fsp3) is 0.500. The molecule has 0 spiro atoms. The maximum absolute atomic E-state index is 12.0. The first-order valence-electron chi connectivity index (χ1n) is 5.97. The molecule has 0 unspecified atom stereocenters. The van der Waals surface area contributed by atoms with Gasteiger partial charge >= 0.3 is 0 Å². The molecular formula is C12H16O7S. The van der Waals surface area contributed by atoms with Crippen molar-refractivity contribution in [2.45, 2.75) is 36.4 Å². The van der Waals surface area contributed by atoms with E-state index in [9.17, 15) is 23.7 Å². The maximum atomic E-state index is 12.0. The van der Waals surface area contributed by atoms with Gasteiger partial charge in [-0.15, -0.1) is 0 Å². The summed E-state index contributed by atoms with van der Waals surface area (Å²) in [6.07, 6.45) is -6.09. The van der Waals surface area contributed by atoms with E-state index in [1.165, 1.54) is 12.1 Å². The van der Waals surface area contributed by atoms with E-state index in [4.69, 9.17) is 8.92 Å². The Hall–Kier alpha value is -1.03. The van der Waals surface area contributed by atoms with Gasteiger partial charge in [0.25, 0.3) is 10.1 Å². The summed E-state index contributed by atoms with van der Waals surface area (Å²) in [7, 11) is -4.18. The topological polar surface area (TPSA) is 113 Å². The molecule has 0 amide bonds. The molecule has 20 heavy (non-hydrogen) atoms. The van der Waals surface area contributed by atoms with Crippen LogP contribution in [0.3, 0.4) is 0 Å². The molecule has 7 nitrogen and oxygen atoms in total. The average molecular weight is 304 g/mol. The van der Waals surface area contributed by atoms with Gasteiger partial charge in [-0.2, -0.15) is 8.42 Å². The summed E-state index contributed by atoms with van der Waals surface area (Å²) < 4.78 is 33.6. The normalized spacial score (nSPS) is 31.2. The van der Waals surface area contributed by atoms with Gasteiger partial charge in [0.1, 0.15) is 12.2 Å². The molecule has 0 bridgehead atoms.